The maximum atomic E-state index is 12.4. The summed E-state index contributed by atoms with van der Waals surface area (Å²) in [6, 6.07) is -1.85. The Kier molecular flexibility index (Phi) is 12.3. The zero-order valence-corrected chi connectivity index (χ0v) is 16.9. The van der Waals surface area contributed by atoms with Crippen molar-refractivity contribution in [2.24, 2.45) is 11.7 Å². The molecule has 0 spiro atoms. The van der Waals surface area contributed by atoms with E-state index in [-0.39, 0.29) is 18.2 Å². The molecular weight excluding hydrogens is 350 g/mol. The first kappa shape index (κ1) is 25.0. The Labute approximate surface area is 161 Å². The maximum absolute atomic E-state index is 12.4. The van der Waals surface area contributed by atoms with Crippen LogP contribution in [0.4, 0.5) is 0 Å². The molecule has 5 N–H and O–H groups in total. The highest BCUT2D eigenvalue weighted by Crippen LogP contribution is 2.11. The second-order valence-corrected chi connectivity index (χ2v) is 7.09. The molecule has 0 aliphatic carbocycles. The molecule has 0 aromatic heterocycles. The number of nitrogens with two attached hydrogens (primary N) is 1. The smallest absolute Gasteiger partial charge is 0.251 e. The van der Waals surface area contributed by atoms with Gasteiger partial charge >= 0.3 is 0 Å². The minimum absolute atomic E-state index is 0.217. The summed E-state index contributed by atoms with van der Waals surface area (Å²) in [4.78, 5) is 47.3. The van der Waals surface area contributed by atoms with Crippen LogP contribution in [-0.4, -0.2) is 46.8 Å². The van der Waals surface area contributed by atoms with E-state index in [9.17, 15) is 24.3 Å². The summed E-state index contributed by atoms with van der Waals surface area (Å²) in [6.07, 6.45) is 2.75. The van der Waals surface area contributed by atoms with Crippen molar-refractivity contribution in [1.29, 1.82) is 0 Å². The lowest BCUT2D eigenvalue weighted by atomic mass is 9.99. The van der Waals surface area contributed by atoms with Gasteiger partial charge in [0, 0.05) is 5.92 Å². The molecule has 156 valence electrons. The molecule has 0 saturated heterocycles. The molecule has 4 unspecified atom stereocenters. The van der Waals surface area contributed by atoms with Crippen LogP contribution in [0.3, 0.4) is 0 Å². The van der Waals surface area contributed by atoms with E-state index in [0.717, 1.165) is 25.7 Å². The number of aliphatic hydroxyl groups is 1. The van der Waals surface area contributed by atoms with Gasteiger partial charge in [0.05, 0.1) is 18.5 Å². The summed E-state index contributed by atoms with van der Waals surface area (Å²) >= 11 is 0. The average molecular weight is 386 g/mol. The van der Waals surface area contributed by atoms with E-state index in [4.69, 9.17) is 5.73 Å². The summed E-state index contributed by atoms with van der Waals surface area (Å²) in [5.74, 6) is -2.41. The number of primary amides is 1. The van der Waals surface area contributed by atoms with E-state index >= 15 is 0 Å². The molecule has 3 amide bonds. The van der Waals surface area contributed by atoms with Crippen LogP contribution in [0.15, 0.2) is 0 Å². The van der Waals surface area contributed by atoms with E-state index in [1.54, 1.807) is 6.92 Å². The summed E-state index contributed by atoms with van der Waals surface area (Å²) in [6.45, 7) is 7.03. The first-order chi connectivity index (χ1) is 12.6. The van der Waals surface area contributed by atoms with Gasteiger partial charge in [0.15, 0.2) is 11.9 Å². The van der Waals surface area contributed by atoms with Crippen LogP contribution in [-0.2, 0) is 19.2 Å². The molecule has 0 heterocycles. The largest absolute Gasteiger partial charge is 0.381 e. The lowest BCUT2D eigenvalue weighted by Gasteiger charge is -2.26. The quantitative estimate of drug-likeness (QED) is 0.328. The number of carbonyl (C=O) groups is 4. The molecule has 0 fully saturated rings. The minimum atomic E-state index is -1.52. The van der Waals surface area contributed by atoms with Gasteiger partial charge in [-0.15, -0.1) is 0 Å². The van der Waals surface area contributed by atoms with Crippen molar-refractivity contribution in [3.8, 4) is 0 Å². The van der Waals surface area contributed by atoms with Crippen LogP contribution >= 0.6 is 0 Å². The number of rotatable bonds is 14. The van der Waals surface area contributed by atoms with Crippen LogP contribution in [0.5, 0.6) is 0 Å². The highest BCUT2D eigenvalue weighted by molar-refractivity contribution is 5.93. The lowest BCUT2D eigenvalue weighted by Crippen LogP contribution is -2.54. The van der Waals surface area contributed by atoms with Crippen molar-refractivity contribution in [3.05, 3.63) is 0 Å². The van der Waals surface area contributed by atoms with Gasteiger partial charge in [-0.05, 0) is 19.8 Å². The van der Waals surface area contributed by atoms with Crippen LogP contribution in [0.2, 0.25) is 0 Å². The Hall–Kier alpha value is -1.96. The van der Waals surface area contributed by atoms with Gasteiger partial charge in [-0.25, -0.2) is 0 Å². The summed E-state index contributed by atoms with van der Waals surface area (Å²) in [5, 5.41) is 15.6. The third-order valence-electron chi connectivity index (χ3n) is 4.48. The lowest BCUT2D eigenvalue weighted by molar-refractivity contribution is -0.136. The van der Waals surface area contributed by atoms with Crippen molar-refractivity contribution >= 4 is 23.5 Å². The number of ketones is 1. The fourth-order valence-electron chi connectivity index (χ4n) is 2.75. The van der Waals surface area contributed by atoms with Crippen LogP contribution in [0.25, 0.3) is 0 Å². The molecule has 8 nitrogen and oxygen atoms in total. The molecular formula is C19H35N3O5. The molecule has 0 aliphatic rings. The number of hydrogen-bond acceptors (Lipinski definition) is 5. The zero-order valence-electron chi connectivity index (χ0n) is 16.9. The third kappa shape index (κ3) is 10.1. The average Bonchev–Trinajstić information content (AvgIpc) is 2.59. The number of hydrogen-bond donors (Lipinski definition) is 4. The van der Waals surface area contributed by atoms with Gasteiger partial charge in [0.1, 0.15) is 0 Å². The fourth-order valence-corrected chi connectivity index (χ4v) is 2.75. The second kappa shape index (κ2) is 13.2. The first-order valence-corrected chi connectivity index (χ1v) is 9.71. The van der Waals surface area contributed by atoms with Gasteiger partial charge in [0.25, 0.3) is 5.91 Å². The number of nitrogens with one attached hydrogen (secondary N) is 2. The predicted octanol–water partition coefficient (Wildman–Crippen LogP) is 0.798. The van der Waals surface area contributed by atoms with E-state index < -0.39 is 35.8 Å². The Bertz CT molecular complexity index is 510. The molecule has 27 heavy (non-hydrogen) atoms. The molecule has 0 rings (SSSR count). The van der Waals surface area contributed by atoms with Crippen molar-refractivity contribution < 1.29 is 24.3 Å². The number of unbranched alkanes of at least 4 members (excludes halogenated alkanes) is 2. The number of aliphatic hydroxyl groups excluding tert-OH is 1. The van der Waals surface area contributed by atoms with Gasteiger partial charge in [-0.3, -0.25) is 19.2 Å². The molecule has 8 heteroatoms. The van der Waals surface area contributed by atoms with Crippen molar-refractivity contribution in [3.63, 3.8) is 0 Å². The van der Waals surface area contributed by atoms with Gasteiger partial charge in [0.2, 0.25) is 11.8 Å². The summed E-state index contributed by atoms with van der Waals surface area (Å²) in [7, 11) is 0. The molecule has 0 aliphatic heterocycles. The van der Waals surface area contributed by atoms with Crippen LogP contribution in [0.1, 0.15) is 72.6 Å². The van der Waals surface area contributed by atoms with Crippen LogP contribution < -0.4 is 16.4 Å². The Morgan fingerprint density at radius 2 is 1.59 bits per heavy atom. The summed E-state index contributed by atoms with van der Waals surface area (Å²) in [5.41, 5.74) is 5.09. The topological polar surface area (TPSA) is 139 Å². The highest BCUT2D eigenvalue weighted by Gasteiger charge is 2.31. The summed E-state index contributed by atoms with van der Waals surface area (Å²) < 4.78 is 0. The molecule has 0 bridgehead atoms. The first-order valence-electron chi connectivity index (χ1n) is 9.71. The van der Waals surface area contributed by atoms with Gasteiger partial charge in [-0.2, -0.15) is 0 Å². The van der Waals surface area contributed by atoms with Crippen LogP contribution in [0, 0.1) is 5.92 Å². The molecule has 0 saturated carbocycles. The maximum Gasteiger partial charge on any atom is 0.251 e. The molecule has 0 radical (unpaired) electrons. The van der Waals surface area contributed by atoms with E-state index in [0.29, 0.717) is 12.8 Å². The van der Waals surface area contributed by atoms with Gasteiger partial charge in [-0.1, -0.05) is 46.5 Å². The standard InChI is InChI=1S/C19H35N3O5/c1-5-7-8-10-14(21-18(26)12(3)9-6-2)17(25)19(27)22-15(13(4)23)11-16(20)24/h12,14-15,17,25H,5-11H2,1-4H3,(H2,20,24)(H,21,26)(H,22,27). The SMILES string of the molecule is CCCCCC(NC(=O)C(C)CCC)C(O)C(=O)NC(CC(N)=O)C(C)=O. The molecule has 4 atom stereocenters. The minimum Gasteiger partial charge on any atom is -0.381 e. The van der Waals surface area contributed by atoms with E-state index in [2.05, 4.69) is 10.6 Å². The number of Topliss-reactive ketones (excluding diaryl/α,β-unsaturated/α-hetero) is 1. The Morgan fingerprint density at radius 3 is 2.07 bits per heavy atom. The highest BCUT2D eigenvalue weighted by atomic mass is 16.3. The van der Waals surface area contributed by atoms with Crippen molar-refractivity contribution in [2.75, 3.05) is 0 Å². The Balaban J connectivity index is 5.09. The third-order valence-corrected chi connectivity index (χ3v) is 4.48. The van der Waals surface area contributed by atoms with E-state index in [1.807, 2.05) is 13.8 Å². The number of amides is 3. The van der Waals surface area contributed by atoms with E-state index in [1.165, 1.54) is 6.92 Å². The normalized spacial score (nSPS) is 15.3. The van der Waals surface area contributed by atoms with Crippen molar-refractivity contribution in [2.45, 2.75) is 90.8 Å². The fraction of sp³-hybridized carbons (Fsp3) is 0.789. The number of carbonyl (C=O) groups excluding carboxylic acids is 4. The Morgan fingerprint density at radius 1 is 0.963 bits per heavy atom. The predicted molar refractivity (Wildman–Crippen MR) is 103 cm³/mol. The van der Waals surface area contributed by atoms with Crippen molar-refractivity contribution in [1.82, 2.24) is 10.6 Å². The molecule has 0 aromatic rings. The monoisotopic (exact) mass is 385 g/mol. The zero-order chi connectivity index (χ0) is 21.0. The second-order valence-electron chi connectivity index (χ2n) is 7.09. The molecule has 0 aromatic carbocycles. The van der Waals surface area contributed by atoms with Gasteiger partial charge < -0.3 is 21.5 Å².